The zero-order valence-corrected chi connectivity index (χ0v) is 10.7. The van der Waals surface area contributed by atoms with E-state index in [0.717, 1.165) is 11.3 Å². The second-order valence-corrected chi connectivity index (χ2v) is 4.42. The van der Waals surface area contributed by atoms with E-state index < -0.39 is 6.04 Å². The summed E-state index contributed by atoms with van der Waals surface area (Å²) in [5.74, 6) is 0.729. The molecule has 1 aromatic carbocycles. The third-order valence-electron chi connectivity index (χ3n) is 2.89. The molecule has 3 N–H and O–H groups in total. The highest BCUT2D eigenvalue weighted by atomic mass is 16.3. The van der Waals surface area contributed by atoms with Gasteiger partial charge in [0.25, 0.3) is 0 Å². The molecule has 4 nitrogen and oxygen atoms in total. The molecule has 0 aliphatic heterocycles. The lowest BCUT2D eigenvalue weighted by atomic mass is 10.1. The summed E-state index contributed by atoms with van der Waals surface area (Å²) in [4.78, 5) is 11.8. The van der Waals surface area contributed by atoms with Gasteiger partial charge in [0, 0.05) is 13.0 Å². The van der Waals surface area contributed by atoms with Gasteiger partial charge >= 0.3 is 0 Å². The molecule has 100 valence electrons. The highest BCUT2D eigenvalue weighted by molar-refractivity contribution is 5.81. The number of hydrogen-bond acceptors (Lipinski definition) is 3. The van der Waals surface area contributed by atoms with Crippen LogP contribution in [0.5, 0.6) is 0 Å². The maximum Gasteiger partial charge on any atom is 0.237 e. The van der Waals surface area contributed by atoms with Crippen molar-refractivity contribution in [2.24, 2.45) is 5.73 Å². The number of rotatable bonds is 6. The van der Waals surface area contributed by atoms with Crippen molar-refractivity contribution < 1.29 is 9.21 Å². The van der Waals surface area contributed by atoms with Gasteiger partial charge in [-0.2, -0.15) is 0 Å². The quantitative estimate of drug-likeness (QED) is 0.825. The Morgan fingerprint density at radius 1 is 1.21 bits per heavy atom. The van der Waals surface area contributed by atoms with Crippen molar-refractivity contribution in [2.75, 3.05) is 6.54 Å². The molecule has 0 saturated heterocycles. The summed E-state index contributed by atoms with van der Waals surface area (Å²) in [6.07, 6.45) is 2.85. The standard InChI is InChI=1S/C15H18N2O2/c16-14(11-12-5-2-1-3-6-12)15(18)17-9-8-13-7-4-10-19-13/h1-7,10,14H,8-9,11,16H2,(H,17,18). The Hall–Kier alpha value is -2.07. The van der Waals surface area contributed by atoms with Gasteiger partial charge in [-0.25, -0.2) is 0 Å². The van der Waals surface area contributed by atoms with Gasteiger partial charge in [-0.3, -0.25) is 4.79 Å². The molecule has 4 heteroatoms. The molecule has 0 spiro atoms. The highest BCUT2D eigenvalue weighted by Gasteiger charge is 2.13. The van der Waals surface area contributed by atoms with Crippen LogP contribution in [0.4, 0.5) is 0 Å². The van der Waals surface area contributed by atoms with Gasteiger partial charge in [0.2, 0.25) is 5.91 Å². The Morgan fingerprint density at radius 3 is 2.68 bits per heavy atom. The molecule has 1 atom stereocenters. The van der Waals surface area contributed by atoms with E-state index >= 15 is 0 Å². The molecule has 1 heterocycles. The maximum absolute atomic E-state index is 11.8. The molecule has 2 aromatic rings. The molecule has 0 saturated carbocycles. The van der Waals surface area contributed by atoms with Crippen LogP contribution in [0.15, 0.2) is 53.1 Å². The van der Waals surface area contributed by atoms with Gasteiger partial charge in [-0.1, -0.05) is 30.3 Å². The monoisotopic (exact) mass is 258 g/mol. The molecule has 0 aliphatic carbocycles. The van der Waals surface area contributed by atoms with Crippen LogP contribution in [0, 0.1) is 0 Å². The van der Waals surface area contributed by atoms with Gasteiger partial charge in [0.15, 0.2) is 0 Å². The van der Waals surface area contributed by atoms with E-state index in [1.54, 1.807) is 6.26 Å². The van der Waals surface area contributed by atoms with Crippen LogP contribution < -0.4 is 11.1 Å². The van der Waals surface area contributed by atoms with Gasteiger partial charge in [0.1, 0.15) is 5.76 Å². The maximum atomic E-state index is 11.8. The van der Waals surface area contributed by atoms with Crippen molar-refractivity contribution in [2.45, 2.75) is 18.9 Å². The second kappa shape index (κ2) is 6.75. The predicted octanol–water partition coefficient (Wildman–Crippen LogP) is 1.51. The fraction of sp³-hybridized carbons (Fsp3) is 0.267. The lowest BCUT2D eigenvalue weighted by Gasteiger charge is -2.11. The molecule has 0 aliphatic rings. The molecule has 19 heavy (non-hydrogen) atoms. The Bertz CT molecular complexity index is 494. The third-order valence-corrected chi connectivity index (χ3v) is 2.89. The lowest BCUT2D eigenvalue weighted by Crippen LogP contribution is -2.42. The zero-order valence-electron chi connectivity index (χ0n) is 10.7. The molecular formula is C15H18N2O2. The van der Waals surface area contributed by atoms with Crippen molar-refractivity contribution in [3.63, 3.8) is 0 Å². The van der Waals surface area contributed by atoms with Crippen LogP contribution in [-0.4, -0.2) is 18.5 Å². The summed E-state index contributed by atoms with van der Waals surface area (Å²) in [5, 5.41) is 2.82. The van der Waals surface area contributed by atoms with Gasteiger partial charge < -0.3 is 15.5 Å². The van der Waals surface area contributed by atoms with Gasteiger partial charge in [-0.05, 0) is 24.1 Å². The van der Waals surface area contributed by atoms with Gasteiger partial charge in [0.05, 0.1) is 12.3 Å². The summed E-state index contributed by atoms with van der Waals surface area (Å²) in [5.41, 5.74) is 6.94. The summed E-state index contributed by atoms with van der Waals surface area (Å²) in [6, 6.07) is 13.0. The molecule has 1 amide bonds. The summed E-state index contributed by atoms with van der Waals surface area (Å²) >= 11 is 0. The molecular weight excluding hydrogens is 240 g/mol. The van der Waals surface area contributed by atoms with Crippen LogP contribution in [0.3, 0.4) is 0 Å². The first-order chi connectivity index (χ1) is 9.25. The van der Waals surface area contributed by atoms with E-state index in [1.165, 1.54) is 0 Å². The highest BCUT2D eigenvalue weighted by Crippen LogP contribution is 2.02. The van der Waals surface area contributed by atoms with E-state index in [1.807, 2.05) is 42.5 Å². The second-order valence-electron chi connectivity index (χ2n) is 4.42. The van der Waals surface area contributed by atoms with E-state index in [-0.39, 0.29) is 5.91 Å². The molecule has 1 aromatic heterocycles. The molecule has 0 fully saturated rings. The Morgan fingerprint density at radius 2 is 2.00 bits per heavy atom. The van der Waals surface area contributed by atoms with E-state index in [4.69, 9.17) is 10.2 Å². The topological polar surface area (TPSA) is 68.3 Å². The Balaban J connectivity index is 1.73. The summed E-state index contributed by atoms with van der Waals surface area (Å²) in [6.45, 7) is 0.537. The van der Waals surface area contributed by atoms with Crippen LogP contribution in [0.25, 0.3) is 0 Å². The van der Waals surface area contributed by atoms with Crippen molar-refractivity contribution >= 4 is 5.91 Å². The Labute approximate surface area is 112 Å². The van der Waals surface area contributed by atoms with Crippen molar-refractivity contribution in [1.82, 2.24) is 5.32 Å². The molecule has 2 rings (SSSR count). The van der Waals surface area contributed by atoms with Crippen LogP contribution in [0.1, 0.15) is 11.3 Å². The minimum atomic E-state index is -0.515. The number of carbonyl (C=O) groups excluding carboxylic acids is 1. The van der Waals surface area contributed by atoms with Crippen molar-refractivity contribution in [1.29, 1.82) is 0 Å². The molecule has 0 radical (unpaired) electrons. The summed E-state index contributed by atoms with van der Waals surface area (Å²) in [7, 11) is 0. The van der Waals surface area contributed by atoms with Gasteiger partial charge in [-0.15, -0.1) is 0 Å². The molecule has 0 bridgehead atoms. The smallest absolute Gasteiger partial charge is 0.237 e. The van der Waals surface area contributed by atoms with E-state index in [9.17, 15) is 4.79 Å². The zero-order chi connectivity index (χ0) is 13.5. The SMILES string of the molecule is NC(Cc1ccccc1)C(=O)NCCc1ccco1. The number of nitrogens with two attached hydrogens (primary N) is 1. The number of nitrogens with one attached hydrogen (secondary N) is 1. The first-order valence-electron chi connectivity index (χ1n) is 6.35. The van der Waals surface area contributed by atoms with Crippen molar-refractivity contribution in [3.05, 3.63) is 60.1 Å². The number of carbonyl (C=O) groups is 1. The van der Waals surface area contributed by atoms with Crippen molar-refractivity contribution in [3.8, 4) is 0 Å². The fourth-order valence-electron chi connectivity index (χ4n) is 1.86. The predicted molar refractivity (Wildman–Crippen MR) is 73.5 cm³/mol. The number of amides is 1. The number of hydrogen-bond donors (Lipinski definition) is 2. The number of benzene rings is 1. The first-order valence-corrected chi connectivity index (χ1v) is 6.35. The lowest BCUT2D eigenvalue weighted by molar-refractivity contribution is -0.122. The minimum absolute atomic E-state index is 0.129. The van der Waals surface area contributed by atoms with Crippen LogP contribution >= 0.6 is 0 Å². The fourth-order valence-corrected chi connectivity index (χ4v) is 1.86. The average Bonchev–Trinajstić information content (AvgIpc) is 2.93. The third kappa shape index (κ3) is 4.26. The van der Waals surface area contributed by atoms with E-state index in [0.29, 0.717) is 19.4 Å². The average molecular weight is 258 g/mol. The number of furan rings is 1. The van der Waals surface area contributed by atoms with Crippen LogP contribution in [-0.2, 0) is 17.6 Å². The minimum Gasteiger partial charge on any atom is -0.469 e. The molecule has 1 unspecified atom stereocenters. The Kier molecular flexibility index (Phi) is 4.75. The summed E-state index contributed by atoms with van der Waals surface area (Å²) < 4.78 is 5.19. The largest absolute Gasteiger partial charge is 0.469 e. The van der Waals surface area contributed by atoms with Crippen LogP contribution in [0.2, 0.25) is 0 Å². The van der Waals surface area contributed by atoms with E-state index in [2.05, 4.69) is 5.32 Å². The first kappa shape index (κ1) is 13.4. The normalized spacial score (nSPS) is 12.1.